The summed E-state index contributed by atoms with van der Waals surface area (Å²) in [5, 5.41) is 4.13. The second kappa shape index (κ2) is 5.57. The molecule has 1 N–H and O–H groups in total. The van der Waals surface area contributed by atoms with Gasteiger partial charge in [0.05, 0.1) is 10.6 Å². The van der Waals surface area contributed by atoms with E-state index in [9.17, 15) is 4.79 Å². The van der Waals surface area contributed by atoms with Crippen LogP contribution in [0.25, 0.3) is 0 Å². The Bertz CT molecular complexity index is 721. The minimum absolute atomic E-state index is 0.190. The van der Waals surface area contributed by atoms with E-state index in [-0.39, 0.29) is 12.7 Å². The van der Waals surface area contributed by atoms with Crippen LogP contribution in [0.1, 0.15) is 27.0 Å². The molecule has 6 heteroatoms. The highest BCUT2D eigenvalue weighted by Crippen LogP contribution is 2.32. The van der Waals surface area contributed by atoms with Crippen molar-refractivity contribution in [2.75, 3.05) is 6.79 Å². The number of amides is 1. The molecule has 0 radical (unpaired) electrons. The van der Waals surface area contributed by atoms with E-state index < -0.39 is 0 Å². The van der Waals surface area contributed by atoms with Crippen LogP contribution in [0.15, 0.2) is 35.4 Å². The van der Waals surface area contributed by atoms with Gasteiger partial charge in [0, 0.05) is 10.4 Å². The van der Waals surface area contributed by atoms with Crippen LogP contribution in [0.3, 0.4) is 0 Å². The Hall–Kier alpha value is -2.34. The van der Waals surface area contributed by atoms with E-state index in [1.807, 2.05) is 26.0 Å². The summed E-state index contributed by atoms with van der Waals surface area (Å²) in [6.45, 7) is 4.09. The summed E-state index contributed by atoms with van der Waals surface area (Å²) in [6.07, 6.45) is 0. The summed E-state index contributed by atoms with van der Waals surface area (Å²) in [4.78, 5) is 14.3. The van der Waals surface area contributed by atoms with Crippen molar-refractivity contribution in [2.45, 2.75) is 13.8 Å². The number of hydrazone groups is 1. The van der Waals surface area contributed by atoms with Gasteiger partial charge in [0.25, 0.3) is 5.91 Å². The Morgan fingerprint density at radius 2 is 2.05 bits per heavy atom. The summed E-state index contributed by atoms with van der Waals surface area (Å²) in [7, 11) is 0. The fourth-order valence-corrected chi connectivity index (χ4v) is 2.73. The molecule has 0 aliphatic carbocycles. The first-order valence-electron chi connectivity index (χ1n) is 6.44. The Balaban J connectivity index is 1.71. The largest absolute Gasteiger partial charge is 0.454 e. The van der Waals surface area contributed by atoms with Crippen molar-refractivity contribution in [3.05, 3.63) is 45.6 Å². The second-order valence-corrected chi connectivity index (χ2v) is 5.90. The highest BCUT2D eigenvalue weighted by molar-refractivity contribution is 7.14. The lowest BCUT2D eigenvalue weighted by molar-refractivity contribution is 0.0954. The number of aryl methyl sites for hydroxylation is 1. The summed E-state index contributed by atoms with van der Waals surface area (Å²) in [5.41, 5.74) is 3.82. The Kier molecular flexibility index (Phi) is 3.62. The normalized spacial score (nSPS) is 13.3. The summed E-state index contributed by atoms with van der Waals surface area (Å²) in [5.74, 6) is 0.957. The molecule has 2 aromatic rings. The third-order valence-corrected chi connectivity index (χ3v) is 4.17. The highest BCUT2D eigenvalue weighted by atomic mass is 32.1. The van der Waals surface area contributed by atoms with E-state index in [1.165, 1.54) is 4.88 Å². The molecule has 1 amide bonds. The second-order valence-electron chi connectivity index (χ2n) is 4.62. The number of carbonyl (C=O) groups excluding carboxylic acids is 1. The van der Waals surface area contributed by atoms with E-state index in [4.69, 9.17) is 9.47 Å². The topological polar surface area (TPSA) is 59.9 Å². The number of hydrogen-bond donors (Lipinski definition) is 1. The standard InChI is InChI=1S/C15H14N2O3S/c1-9-3-6-14(21-9)10(2)16-17-15(18)11-4-5-12-13(7-11)20-8-19-12/h3-7H,8H2,1-2H3,(H,17,18)/b16-10+. The number of hydrogen-bond acceptors (Lipinski definition) is 5. The SMILES string of the molecule is C/C(=N\NC(=O)c1ccc2c(c1)OCO2)c1ccc(C)s1. The Morgan fingerprint density at radius 1 is 1.24 bits per heavy atom. The molecule has 1 aromatic heterocycles. The first-order chi connectivity index (χ1) is 10.1. The predicted octanol–water partition coefficient (Wildman–Crippen LogP) is 2.94. The van der Waals surface area contributed by atoms with Gasteiger partial charge in [-0.05, 0) is 44.2 Å². The van der Waals surface area contributed by atoms with Gasteiger partial charge in [0.2, 0.25) is 6.79 Å². The molecule has 0 saturated carbocycles. The molecule has 0 fully saturated rings. The van der Waals surface area contributed by atoms with Gasteiger partial charge in [-0.25, -0.2) is 5.43 Å². The number of thiophene rings is 1. The maximum Gasteiger partial charge on any atom is 0.271 e. The van der Waals surface area contributed by atoms with E-state index in [2.05, 4.69) is 10.5 Å². The fraction of sp³-hybridized carbons (Fsp3) is 0.200. The summed E-state index contributed by atoms with van der Waals surface area (Å²) < 4.78 is 10.5. The van der Waals surface area contributed by atoms with Gasteiger partial charge in [-0.1, -0.05) is 0 Å². The van der Waals surface area contributed by atoms with Gasteiger partial charge in [0.15, 0.2) is 11.5 Å². The Morgan fingerprint density at radius 3 is 2.81 bits per heavy atom. The van der Waals surface area contributed by atoms with Crippen molar-refractivity contribution in [3.8, 4) is 11.5 Å². The first-order valence-corrected chi connectivity index (χ1v) is 7.26. The monoisotopic (exact) mass is 302 g/mol. The number of benzene rings is 1. The lowest BCUT2D eigenvalue weighted by atomic mass is 10.2. The summed E-state index contributed by atoms with van der Waals surface area (Å²) >= 11 is 1.64. The fourth-order valence-electron chi connectivity index (χ4n) is 1.92. The van der Waals surface area contributed by atoms with Gasteiger partial charge in [0.1, 0.15) is 0 Å². The van der Waals surface area contributed by atoms with Gasteiger partial charge in [-0.3, -0.25) is 4.79 Å². The molecule has 0 spiro atoms. The molecule has 0 atom stereocenters. The van der Waals surface area contributed by atoms with Crippen molar-refractivity contribution < 1.29 is 14.3 Å². The molecule has 3 rings (SSSR count). The van der Waals surface area contributed by atoms with E-state index >= 15 is 0 Å². The van der Waals surface area contributed by atoms with Crippen LogP contribution in [-0.4, -0.2) is 18.4 Å². The van der Waals surface area contributed by atoms with Gasteiger partial charge in [-0.2, -0.15) is 5.10 Å². The van der Waals surface area contributed by atoms with Gasteiger partial charge < -0.3 is 9.47 Å². The first kappa shape index (κ1) is 13.6. The van der Waals surface area contributed by atoms with E-state index in [1.54, 1.807) is 29.5 Å². The average Bonchev–Trinajstić information content (AvgIpc) is 3.12. The van der Waals surface area contributed by atoms with E-state index in [0.717, 1.165) is 10.6 Å². The zero-order chi connectivity index (χ0) is 14.8. The molecule has 1 aliphatic rings. The lowest BCUT2D eigenvalue weighted by Gasteiger charge is -2.03. The highest BCUT2D eigenvalue weighted by Gasteiger charge is 2.16. The molecule has 108 valence electrons. The van der Waals surface area contributed by atoms with Crippen LogP contribution in [-0.2, 0) is 0 Å². The van der Waals surface area contributed by atoms with Crippen molar-refractivity contribution >= 4 is 23.0 Å². The maximum atomic E-state index is 12.1. The van der Waals surface area contributed by atoms with Gasteiger partial charge in [-0.15, -0.1) is 11.3 Å². The zero-order valence-electron chi connectivity index (χ0n) is 11.7. The lowest BCUT2D eigenvalue weighted by Crippen LogP contribution is -2.19. The van der Waals surface area contributed by atoms with Crippen LogP contribution < -0.4 is 14.9 Å². The number of rotatable bonds is 3. The third kappa shape index (κ3) is 2.90. The van der Waals surface area contributed by atoms with Crippen molar-refractivity contribution in [1.29, 1.82) is 0 Å². The number of nitrogens with zero attached hydrogens (tertiary/aromatic N) is 1. The van der Waals surface area contributed by atoms with Gasteiger partial charge >= 0.3 is 0 Å². The quantitative estimate of drug-likeness (QED) is 0.700. The molecule has 1 aromatic carbocycles. The molecule has 0 unspecified atom stereocenters. The minimum Gasteiger partial charge on any atom is -0.454 e. The molecular weight excluding hydrogens is 288 g/mol. The summed E-state index contributed by atoms with van der Waals surface area (Å²) in [6, 6.07) is 9.07. The maximum absolute atomic E-state index is 12.1. The zero-order valence-corrected chi connectivity index (χ0v) is 12.5. The average molecular weight is 302 g/mol. The van der Waals surface area contributed by atoms with Crippen molar-refractivity contribution in [1.82, 2.24) is 5.43 Å². The number of carbonyl (C=O) groups is 1. The molecule has 5 nitrogen and oxygen atoms in total. The van der Waals surface area contributed by atoms with Crippen LogP contribution in [0, 0.1) is 6.92 Å². The molecule has 2 heterocycles. The molecule has 0 saturated heterocycles. The van der Waals surface area contributed by atoms with Crippen LogP contribution in [0.4, 0.5) is 0 Å². The van der Waals surface area contributed by atoms with E-state index in [0.29, 0.717) is 17.1 Å². The predicted molar refractivity (Wildman–Crippen MR) is 81.3 cm³/mol. The van der Waals surface area contributed by atoms with Crippen LogP contribution in [0.2, 0.25) is 0 Å². The molecule has 21 heavy (non-hydrogen) atoms. The number of nitrogens with one attached hydrogen (secondary N) is 1. The Labute approximate surface area is 126 Å². The number of ether oxygens (including phenoxy) is 2. The molecule has 1 aliphatic heterocycles. The smallest absolute Gasteiger partial charge is 0.271 e. The third-order valence-electron chi connectivity index (χ3n) is 3.06. The minimum atomic E-state index is -0.277. The molecule has 0 bridgehead atoms. The number of fused-ring (bicyclic) bond motifs is 1. The van der Waals surface area contributed by atoms with Crippen molar-refractivity contribution in [3.63, 3.8) is 0 Å². The van der Waals surface area contributed by atoms with Crippen LogP contribution in [0.5, 0.6) is 11.5 Å². The van der Waals surface area contributed by atoms with Crippen molar-refractivity contribution in [2.24, 2.45) is 5.10 Å². The van der Waals surface area contributed by atoms with Crippen LogP contribution >= 0.6 is 11.3 Å². The molecular formula is C15H14N2O3S.